The molecule has 0 saturated carbocycles. The largest absolute Gasteiger partial charge is 0.329 e. The van der Waals surface area contributed by atoms with Gasteiger partial charge in [0.25, 0.3) is 0 Å². The molecule has 17 heavy (non-hydrogen) atoms. The number of rotatable bonds is 7. The van der Waals surface area contributed by atoms with E-state index in [2.05, 4.69) is 49.7 Å². The molecule has 2 nitrogen and oxygen atoms in total. The number of nitrogens with two attached hydrogens (primary N) is 1. The Morgan fingerprint density at radius 3 is 2.47 bits per heavy atom. The fourth-order valence-corrected chi connectivity index (χ4v) is 2.14. The van der Waals surface area contributed by atoms with Gasteiger partial charge in [0.05, 0.1) is 0 Å². The molecule has 0 aliphatic rings. The molecule has 1 aromatic rings. The average Bonchev–Trinajstić information content (AvgIpc) is 2.35. The van der Waals surface area contributed by atoms with Crippen LogP contribution in [0.15, 0.2) is 30.3 Å². The molecule has 96 valence electrons. The molecule has 1 atom stereocenters. The summed E-state index contributed by atoms with van der Waals surface area (Å²) in [5, 5.41) is 3.54. The normalized spacial score (nSPS) is 13.6. The van der Waals surface area contributed by atoms with Gasteiger partial charge in [0.1, 0.15) is 0 Å². The van der Waals surface area contributed by atoms with Crippen LogP contribution in [0.4, 0.5) is 0 Å². The van der Waals surface area contributed by atoms with Gasteiger partial charge in [-0.3, -0.25) is 0 Å². The molecule has 0 amide bonds. The summed E-state index contributed by atoms with van der Waals surface area (Å²) in [6.07, 6.45) is 3.25. The van der Waals surface area contributed by atoms with Crippen molar-refractivity contribution in [3.8, 4) is 0 Å². The van der Waals surface area contributed by atoms with Gasteiger partial charge in [-0.05, 0) is 18.2 Å². The number of nitrogens with one attached hydrogen (secondary N) is 1. The molecule has 0 aromatic heterocycles. The van der Waals surface area contributed by atoms with Crippen LogP contribution >= 0.6 is 11.8 Å². The van der Waals surface area contributed by atoms with Crippen molar-refractivity contribution in [2.75, 3.05) is 12.8 Å². The molecule has 0 saturated heterocycles. The number of hydrogen-bond donors (Lipinski definition) is 2. The summed E-state index contributed by atoms with van der Waals surface area (Å²) in [6.45, 7) is 6.12. The third-order valence-corrected chi connectivity index (χ3v) is 4.28. The lowest BCUT2D eigenvalue weighted by atomic mass is 10.0. The van der Waals surface area contributed by atoms with Gasteiger partial charge in [-0.1, -0.05) is 44.2 Å². The Bertz CT molecular complexity index is 311. The molecular formula is C14H24N2S. The van der Waals surface area contributed by atoms with Gasteiger partial charge < -0.3 is 11.1 Å². The predicted octanol–water partition coefficient (Wildman–Crippen LogP) is 2.64. The Hall–Kier alpha value is -0.510. The highest BCUT2D eigenvalue weighted by Gasteiger charge is 2.21. The quantitative estimate of drug-likeness (QED) is 0.783. The lowest BCUT2D eigenvalue weighted by molar-refractivity contribution is 0.444. The van der Waals surface area contributed by atoms with E-state index in [1.165, 1.54) is 5.56 Å². The minimum Gasteiger partial charge on any atom is -0.329 e. The number of thioether (sulfide) groups is 1. The van der Waals surface area contributed by atoms with Crippen LogP contribution in [0.1, 0.15) is 25.8 Å². The van der Waals surface area contributed by atoms with E-state index < -0.39 is 0 Å². The van der Waals surface area contributed by atoms with Crippen LogP contribution in [0.5, 0.6) is 0 Å². The highest BCUT2D eigenvalue weighted by atomic mass is 32.2. The van der Waals surface area contributed by atoms with Crippen molar-refractivity contribution < 1.29 is 0 Å². The van der Waals surface area contributed by atoms with Crippen molar-refractivity contribution in [1.29, 1.82) is 0 Å². The van der Waals surface area contributed by atoms with Crippen molar-refractivity contribution in [1.82, 2.24) is 5.32 Å². The Labute approximate surface area is 109 Å². The predicted molar refractivity (Wildman–Crippen MR) is 78.3 cm³/mol. The van der Waals surface area contributed by atoms with Gasteiger partial charge in [0.15, 0.2) is 0 Å². The third-order valence-electron chi connectivity index (χ3n) is 3.01. The first-order valence-corrected chi connectivity index (χ1v) is 7.32. The van der Waals surface area contributed by atoms with Gasteiger partial charge in [-0.15, -0.1) is 0 Å². The molecular weight excluding hydrogens is 228 g/mol. The summed E-state index contributed by atoms with van der Waals surface area (Å²) < 4.78 is 0.285. The second kappa shape index (κ2) is 7.04. The van der Waals surface area contributed by atoms with Crippen molar-refractivity contribution in [2.45, 2.75) is 37.6 Å². The maximum absolute atomic E-state index is 5.83. The van der Waals surface area contributed by atoms with E-state index in [9.17, 15) is 0 Å². The fourth-order valence-electron chi connectivity index (χ4n) is 1.77. The zero-order valence-electron chi connectivity index (χ0n) is 11.1. The van der Waals surface area contributed by atoms with Gasteiger partial charge in [-0.25, -0.2) is 0 Å². The van der Waals surface area contributed by atoms with Gasteiger partial charge in [-0.2, -0.15) is 11.8 Å². The standard InChI is InChI=1S/C14H24N2S/c1-14(2,17-3)9-13(10-15)16-11-12-7-5-4-6-8-12/h4-8,13,16H,9-11,15H2,1-3H3. The van der Waals surface area contributed by atoms with E-state index in [4.69, 9.17) is 5.73 Å². The fraction of sp³-hybridized carbons (Fsp3) is 0.571. The van der Waals surface area contributed by atoms with Crippen LogP contribution in [0, 0.1) is 0 Å². The topological polar surface area (TPSA) is 38.0 Å². The monoisotopic (exact) mass is 252 g/mol. The molecule has 1 unspecified atom stereocenters. The zero-order valence-corrected chi connectivity index (χ0v) is 11.9. The van der Waals surface area contributed by atoms with Crippen LogP contribution in [0.3, 0.4) is 0 Å². The number of hydrogen-bond acceptors (Lipinski definition) is 3. The van der Waals surface area contributed by atoms with Gasteiger partial charge >= 0.3 is 0 Å². The molecule has 3 N–H and O–H groups in total. The van der Waals surface area contributed by atoms with E-state index in [1.807, 2.05) is 17.8 Å². The third kappa shape index (κ3) is 5.57. The van der Waals surface area contributed by atoms with Gasteiger partial charge in [0, 0.05) is 23.9 Å². The summed E-state index contributed by atoms with van der Waals surface area (Å²) in [4.78, 5) is 0. The SMILES string of the molecule is CSC(C)(C)CC(CN)NCc1ccccc1. The van der Waals surface area contributed by atoms with Gasteiger partial charge in [0.2, 0.25) is 0 Å². The first-order valence-electron chi connectivity index (χ1n) is 6.10. The molecule has 1 rings (SSSR count). The van der Waals surface area contributed by atoms with E-state index in [1.54, 1.807) is 0 Å². The van der Waals surface area contributed by atoms with Crippen molar-refractivity contribution >= 4 is 11.8 Å². The zero-order chi connectivity index (χ0) is 12.7. The van der Waals surface area contributed by atoms with Crippen molar-refractivity contribution in [3.05, 3.63) is 35.9 Å². The van der Waals surface area contributed by atoms with Crippen LogP contribution in [-0.4, -0.2) is 23.6 Å². The van der Waals surface area contributed by atoms with Crippen LogP contribution < -0.4 is 11.1 Å². The Morgan fingerprint density at radius 1 is 1.29 bits per heavy atom. The molecule has 0 aliphatic carbocycles. The molecule has 3 heteroatoms. The first-order chi connectivity index (χ1) is 8.07. The van der Waals surface area contributed by atoms with Crippen molar-refractivity contribution in [2.24, 2.45) is 5.73 Å². The molecule has 0 spiro atoms. The highest BCUT2D eigenvalue weighted by Crippen LogP contribution is 2.26. The van der Waals surface area contributed by atoms with E-state index in [-0.39, 0.29) is 4.75 Å². The minimum absolute atomic E-state index is 0.285. The summed E-state index contributed by atoms with van der Waals surface area (Å²) in [5.74, 6) is 0. The second-order valence-corrected chi connectivity index (χ2v) is 6.48. The molecule has 1 aromatic carbocycles. The first kappa shape index (κ1) is 14.6. The Balaban J connectivity index is 2.43. The summed E-state index contributed by atoms with van der Waals surface area (Å²) in [7, 11) is 0. The van der Waals surface area contributed by atoms with Crippen LogP contribution in [0.2, 0.25) is 0 Å². The second-order valence-electron chi connectivity index (χ2n) is 4.97. The Morgan fingerprint density at radius 2 is 1.94 bits per heavy atom. The van der Waals surface area contributed by atoms with Crippen LogP contribution in [-0.2, 0) is 6.54 Å². The Kier molecular flexibility index (Phi) is 6.03. The number of benzene rings is 1. The maximum Gasteiger partial charge on any atom is 0.0208 e. The maximum atomic E-state index is 5.83. The van der Waals surface area contributed by atoms with Crippen LogP contribution in [0.25, 0.3) is 0 Å². The molecule has 0 radical (unpaired) electrons. The molecule has 0 aliphatic heterocycles. The van der Waals surface area contributed by atoms with E-state index in [0.29, 0.717) is 12.6 Å². The van der Waals surface area contributed by atoms with E-state index >= 15 is 0 Å². The summed E-state index contributed by atoms with van der Waals surface area (Å²) >= 11 is 1.90. The summed E-state index contributed by atoms with van der Waals surface area (Å²) in [5.41, 5.74) is 7.14. The molecule has 0 heterocycles. The minimum atomic E-state index is 0.285. The van der Waals surface area contributed by atoms with E-state index in [0.717, 1.165) is 13.0 Å². The molecule has 0 bridgehead atoms. The average molecular weight is 252 g/mol. The lowest BCUT2D eigenvalue weighted by Crippen LogP contribution is -2.40. The highest BCUT2D eigenvalue weighted by molar-refractivity contribution is 7.99. The summed E-state index contributed by atoms with van der Waals surface area (Å²) in [6, 6.07) is 10.8. The lowest BCUT2D eigenvalue weighted by Gasteiger charge is -2.28. The van der Waals surface area contributed by atoms with Crippen molar-refractivity contribution in [3.63, 3.8) is 0 Å². The smallest absolute Gasteiger partial charge is 0.0208 e. The molecule has 0 fully saturated rings.